The number of esters is 1. The number of fused-ring (bicyclic) bond motifs is 1. The van der Waals surface area contributed by atoms with Crippen LogP contribution in [0.5, 0.6) is 0 Å². The third-order valence-electron chi connectivity index (χ3n) is 3.79. The summed E-state index contributed by atoms with van der Waals surface area (Å²) in [5.74, 6) is -0.628. The molecule has 0 fully saturated rings. The molecule has 0 spiro atoms. The number of aromatic nitrogens is 1. The molecule has 27 heavy (non-hydrogen) atoms. The van der Waals surface area contributed by atoms with Crippen LogP contribution >= 0.6 is 11.6 Å². The smallest absolute Gasteiger partial charge is 0.416 e. The fraction of sp³-hybridized carbons (Fsp3) is 0.158. The fourth-order valence-electron chi connectivity index (χ4n) is 2.58. The zero-order valence-electron chi connectivity index (χ0n) is 14.1. The van der Waals surface area contributed by atoms with Crippen LogP contribution in [0.1, 0.15) is 22.8 Å². The molecule has 0 bridgehead atoms. The first-order chi connectivity index (χ1) is 12.8. The number of nitrogens with one attached hydrogen (secondary N) is 1. The van der Waals surface area contributed by atoms with E-state index in [1.165, 1.54) is 12.3 Å². The van der Waals surface area contributed by atoms with E-state index in [1.54, 1.807) is 31.2 Å². The molecular weight excluding hydrogens is 381 g/mol. The first kappa shape index (κ1) is 19.0. The minimum Gasteiger partial charge on any atom is -0.462 e. The predicted molar refractivity (Wildman–Crippen MR) is 97.4 cm³/mol. The average Bonchev–Trinajstić information content (AvgIpc) is 2.61. The number of halogens is 4. The van der Waals surface area contributed by atoms with Crippen LogP contribution in [0.3, 0.4) is 0 Å². The Morgan fingerprint density at radius 2 is 2.00 bits per heavy atom. The van der Waals surface area contributed by atoms with Gasteiger partial charge >= 0.3 is 12.1 Å². The highest BCUT2D eigenvalue weighted by atomic mass is 35.5. The van der Waals surface area contributed by atoms with Gasteiger partial charge in [0.05, 0.1) is 23.4 Å². The normalized spacial score (nSPS) is 11.4. The number of hydrogen-bond donors (Lipinski definition) is 1. The first-order valence-corrected chi connectivity index (χ1v) is 8.37. The lowest BCUT2D eigenvalue weighted by Crippen LogP contribution is -2.10. The van der Waals surface area contributed by atoms with Crippen molar-refractivity contribution in [3.8, 4) is 0 Å². The van der Waals surface area contributed by atoms with Gasteiger partial charge in [-0.2, -0.15) is 13.2 Å². The molecule has 1 N–H and O–H groups in total. The van der Waals surface area contributed by atoms with Crippen LogP contribution in [-0.4, -0.2) is 17.6 Å². The molecule has 3 aromatic rings. The number of hydrogen-bond acceptors (Lipinski definition) is 4. The molecule has 0 aliphatic rings. The van der Waals surface area contributed by atoms with Crippen LogP contribution in [0, 0.1) is 0 Å². The van der Waals surface area contributed by atoms with Gasteiger partial charge in [0, 0.05) is 22.3 Å². The number of alkyl halides is 3. The maximum absolute atomic E-state index is 13.0. The summed E-state index contributed by atoms with van der Waals surface area (Å²) in [7, 11) is 0. The third-order valence-corrected chi connectivity index (χ3v) is 4.02. The van der Waals surface area contributed by atoms with Gasteiger partial charge in [-0.1, -0.05) is 23.7 Å². The van der Waals surface area contributed by atoms with E-state index in [1.807, 2.05) is 0 Å². The van der Waals surface area contributed by atoms with Gasteiger partial charge in [-0.25, -0.2) is 4.79 Å². The number of pyridine rings is 1. The van der Waals surface area contributed by atoms with Crippen molar-refractivity contribution in [3.63, 3.8) is 0 Å². The molecule has 0 unspecified atom stereocenters. The Hall–Kier alpha value is -2.80. The number of anilines is 2. The van der Waals surface area contributed by atoms with Gasteiger partial charge in [0.25, 0.3) is 0 Å². The van der Waals surface area contributed by atoms with Gasteiger partial charge in [-0.05, 0) is 37.3 Å². The lowest BCUT2D eigenvalue weighted by atomic mass is 10.1. The van der Waals surface area contributed by atoms with E-state index in [2.05, 4.69) is 10.3 Å². The highest BCUT2D eigenvalue weighted by molar-refractivity contribution is 6.30. The highest BCUT2D eigenvalue weighted by Gasteiger charge is 2.31. The van der Waals surface area contributed by atoms with Gasteiger partial charge < -0.3 is 10.1 Å². The van der Waals surface area contributed by atoms with Gasteiger partial charge in [0.15, 0.2) is 0 Å². The maximum atomic E-state index is 13.0. The number of rotatable bonds is 4. The zero-order chi connectivity index (χ0) is 19.6. The largest absolute Gasteiger partial charge is 0.462 e. The van der Waals surface area contributed by atoms with Crippen molar-refractivity contribution in [2.45, 2.75) is 13.1 Å². The summed E-state index contributed by atoms with van der Waals surface area (Å²) < 4.78 is 44.0. The molecule has 0 atom stereocenters. The molecule has 0 saturated carbocycles. The Labute approximate surface area is 157 Å². The molecule has 0 radical (unpaired) electrons. The summed E-state index contributed by atoms with van der Waals surface area (Å²) >= 11 is 5.98. The summed E-state index contributed by atoms with van der Waals surface area (Å²) in [4.78, 5) is 16.3. The van der Waals surface area contributed by atoms with Crippen molar-refractivity contribution in [1.82, 2.24) is 4.98 Å². The van der Waals surface area contributed by atoms with E-state index >= 15 is 0 Å². The monoisotopic (exact) mass is 394 g/mol. The molecule has 4 nitrogen and oxygen atoms in total. The number of nitrogens with zero attached hydrogens (tertiary/aromatic N) is 1. The first-order valence-electron chi connectivity index (χ1n) is 7.99. The van der Waals surface area contributed by atoms with Crippen LogP contribution < -0.4 is 5.32 Å². The van der Waals surface area contributed by atoms with Crippen LogP contribution in [0.15, 0.2) is 48.7 Å². The van der Waals surface area contributed by atoms with E-state index in [0.717, 1.165) is 12.1 Å². The summed E-state index contributed by atoms with van der Waals surface area (Å²) in [5.41, 5.74) is 0.265. The predicted octanol–water partition coefficient (Wildman–Crippen LogP) is 5.83. The van der Waals surface area contributed by atoms with E-state index in [4.69, 9.17) is 16.3 Å². The molecule has 140 valence electrons. The molecule has 0 aliphatic heterocycles. The molecule has 2 aromatic carbocycles. The third kappa shape index (κ3) is 4.14. The van der Waals surface area contributed by atoms with Crippen molar-refractivity contribution in [2.75, 3.05) is 11.9 Å². The fourth-order valence-corrected chi connectivity index (χ4v) is 2.77. The Bertz CT molecular complexity index is 1010. The molecule has 1 heterocycles. The van der Waals surface area contributed by atoms with E-state index in [-0.39, 0.29) is 17.7 Å². The summed E-state index contributed by atoms with van der Waals surface area (Å²) in [6.07, 6.45) is -3.29. The molecule has 0 amide bonds. The zero-order valence-corrected chi connectivity index (χ0v) is 14.9. The quantitative estimate of drug-likeness (QED) is 0.566. The topological polar surface area (TPSA) is 51.2 Å². The second-order valence-corrected chi connectivity index (χ2v) is 6.07. The molecule has 1 aromatic heterocycles. The van der Waals surface area contributed by atoms with Crippen LogP contribution in [0.2, 0.25) is 5.02 Å². The lowest BCUT2D eigenvalue weighted by molar-refractivity contribution is -0.137. The van der Waals surface area contributed by atoms with E-state index in [9.17, 15) is 18.0 Å². The van der Waals surface area contributed by atoms with Gasteiger partial charge in [0.1, 0.15) is 5.56 Å². The average molecular weight is 395 g/mol. The Balaban J connectivity index is 2.17. The highest BCUT2D eigenvalue weighted by Crippen LogP contribution is 2.35. The lowest BCUT2D eigenvalue weighted by Gasteiger charge is -2.15. The molecule has 0 saturated heterocycles. The Kier molecular flexibility index (Phi) is 5.23. The summed E-state index contributed by atoms with van der Waals surface area (Å²) in [6, 6.07) is 9.90. The standard InChI is InChI=1S/C19H14ClF3N2O2/c1-2-27-18(26)15-10-24-16-8-11(19(21,22)23)6-7-14(16)17(15)25-13-5-3-4-12(20)9-13/h3-10H,2H2,1H3,(H,24,25). The second-order valence-electron chi connectivity index (χ2n) is 5.63. The minimum absolute atomic E-state index is 0.0994. The van der Waals surface area contributed by atoms with Gasteiger partial charge in [-0.3, -0.25) is 4.98 Å². The Morgan fingerprint density at radius 3 is 2.67 bits per heavy atom. The van der Waals surface area contributed by atoms with Gasteiger partial charge in [0.2, 0.25) is 0 Å². The minimum atomic E-state index is -4.49. The van der Waals surface area contributed by atoms with Gasteiger partial charge in [-0.15, -0.1) is 0 Å². The molecular formula is C19H14ClF3N2O2. The molecule has 8 heteroatoms. The van der Waals surface area contributed by atoms with E-state index in [0.29, 0.717) is 21.8 Å². The number of carbonyl (C=O) groups is 1. The maximum Gasteiger partial charge on any atom is 0.416 e. The second kappa shape index (κ2) is 7.44. The van der Waals surface area contributed by atoms with Crippen molar-refractivity contribution in [3.05, 3.63) is 64.8 Å². The van der Waals surface area contributed by atoms with Crippen molar-refractivity contribution in [1.29, 1.82) is 0 Å². The number of benzene rings is 2. The molecule has 0 aliphatic carbocycles. The summed E-state index contributed by atoms with van der Waals surface area (Å²) in [5, 5.41) is 3.87. The van der Waals surface area contributed by atoms with E-state index < -0.39 is 17.7 Å². The van der Waals surface area contributed by atoms with Crippen LogP contribution in [-0.2, 0) is 10.9 Å². The number of carbonyl (C=O) groups excluding carboxylic acids is 1. The van der Waals surface area contributed by atoms with Crippen molar-refractivity contribution in [2.24, 2.45) is 0 Å². The van der Waals surface area contributed by atoms with Crippen molar-refractivity contribution >= 4 is 39.8 Å². The Morgan fingerprint density at radius 1 is 1.22 bits per heavy atom. The van der Waals surface area contributed by atoms with Crippen LogP contribution in [0.4, 0.5) is 24.5 Å². The molecule has 3 rings (SSSR count). The number of ether oxygens (including phenoxy) is 1. The van der Waals surface area contributed by atoms with Crippen molar-refractivity contribution < 1.29 is 22.7 Å². The summed E-state index contributed by atoms with van der Waals surface area (Å²) in [6.45, 7) is 1.81. The SMILES string of the molecule is CCOC(=O)c1cnc2cc(C(F)(F)F)ccc2c1Nc1cccc(Cl)c1. The van der Waals surface area contributed by atoms with Crippen LogP contribution in [0.25, 0.3) is 10.9 Å².